The van der Waals surface area contributed by atoms with Gasteiger partial charge in [-0.25, -0.2) is 0 Å². The number of carbonyl (C=O) groups is 1. The maximum atomic E-state index is 12.1. The van der Waals surface area contributed by atoms with Crippen LogP contribution in [-0.2, 0) is 16.1 Å². The van der Waals surface area contributed by atoms with Crippen molar-refractivity contribution in [1.82, 2.24) is 19.9 Å². The Morgan fingerprint density at radius 1 is 1.48 bits per heavy atom. The molecule has 0 unspecified atom stereocenters. The zero-order valence-electron chi connectivity index (χ0n) is 13.8. The van der Waals surface area contributed by atoms with Crippen molar-refractivity contribution in [3.05, 3.63) is 29.3 Å². The number of rotatable bonds is 8. The number of hydrogen-bond acceptors (Lipinski definition) is 8. The third-order valence-corrected chi connectivity index (χ3v) is 5.04. The van der Waals surface area contributed by atoms with Crippen LogP contribution >= 0.6 is 23.1 Å². The van der Waals surface area contributed by atoms with Crippen molar-refractivity contribution in [2.45, 2.75) is 18.6 Å². The van der Waals surface area contributed by atoms with Gasteiger partial charge in [0, 0.05) is 13.2 Å². The summed E-state index contributed by atoms with van der Waals surface area (Å²) in [5.41, 5.74) is 0. The number of ether oxygens (including phenoxy) is 1. The van der Waals surface area contributed by atoms with Gasteiger partial charge in [0.05, 0.1) is 23.8 Å². The number of amides is 1. The molecule has 3 heterocycles. The summed E-state index contributed by atoms with van der Waals surface area (Å²) < 4.78 is 12.1. The summed E-state index contributed by atoms with van der Waals surface area (Å²) in [6.07, 6.45) is 0. The van der Waals surface area contributed by atoms with Gasteiger partial charge >= 0.3 is 0 Å². The third kappa shape index (κ3) is 4.47. The molecule has 0 radical (unpaired) electrons. The maximum absolute atomic E-state index is 12.1. The highest BCUT2D eigenvalue weighted by Crippen LogP contribution is 2.27. The Kier molecular flexibility index (Phi) is 5.84. The lowest BCUT2D eigenvalue weighted by atomic mass is 10.4. The Bertz CT molecular complexity index is 828. The molecule has 10 heteroatoms. The van der Waals surface area contributed by atoms with E-state index in [4.69, 9.17) is 9.26 Å². The molecule has 0 fully saturated rings. The van der Waals surface area contributed by atoms with Gasteiger partial charge in [-0.1, -0.05) is 23.0 Å². The highest BCUT2D eigenvalue weighted by atomic mass is 32.2. The predicted octanol–water partition coefficient (Wildman–Crippen LogP) is 2.68. The monoisotopic (exact) mass is 379 g/mol. The van der Waals surface area contributed by atoms with E-state index >= 15 is 0 Å². The number of aromatic nitrogens is 4. The molecule has 0 spiro atoms. The minimum Gasteiger partial charge on any atom is -0.383 e. The summed E-state index contributed by atoms with van der Waals surface area (Å²) in [4.78, 5) is 13.1. The van der Waals surface area contributed by atoms with E-state index in [1.54, 1.807) is 31.4 Å². The first-order chi connectivity index (χ1) is 12.2. The average Bonchev–Trinajstić information content (AvgIpc) is 3.31. The van der Waals surface area contributed by atoms with Crippen LogP contribution in [0.4, 0.5) is 5.82 Å². The Balaban J connectivity index is 1.68. The maximum Gasteiger partial charge on any atom is 0.236 e. The second-order valence-corrected chi connectivity index (χ2v) is 6.98. The van der Waals surface area contributed by atoms with Crippen molar-refractivity contribution in [2.24, 2.45) is 0 Å². The van der Waals surface area contributed by atoms with Crippen LogP contribution in [0.15, 0.2) is 33.3 Å². The van der Waals surface area contributed by atoms with Gasteiger partial charge in [0.15, 0.2) is 16.8 Å². The zero-order valence-corrected chi connectivity index (χ0v) is 15.4. The van der Waals surface area contributed by atoms with E-state index in [0.29, 0.717) is 29.9 Å². The van der Waals surface area contributed by atoms with Crippen molar-refractivity contribution >= 4 is 34.8 Å². The Morgan fingerprint density at radius 2 is 2.36 bits per heavy atom. The largest absolute Gasteiger partial charge is 0.383 e. The lowest BCUT2D eigenvalue weighted by molar-refractivity contribution is -0.113. The lowest BCUT2D eigenvalue weighted by Crippen LogP contribution is -2.15. The van der Waals surface area contributed by atoms with Crippen molar-refractivity contribution < 1.29 is 14.1 Å². The summed E-state index contributed by atoms with van der Waals surface area (Å²) in [5.74, 6) is 1.84. The van der Waals surface area contributed by atoms with Crippen LogP contribution in [0.3, 0.4) is 0 Å². The topological polar surface area (TPSA) is 95.1 Å². The number of carbonyl (C=O) groups excluding carboxylic acids is 1. The van der Waals surface area contributed by atoms with Crippen molar-refractivity contribution in [3.63, 3.8) is 0 Å². The molecule has 0 bridgehead atoms. The van der Waals surface area contributed by atoms with Gasteiger partial charge in [-0.2, -0.15) is 0 Å². The third-order valence-electron chi connectivity index (χ3n) is 3.21. The van der Waals surface area contributed by atoms with Gasteiger partial charge in [-0.3, -0.25) is 9.36 Å². The molecule has 8 nitrogen and oxygen atoms in total. The second-order valence-electron chi connectivity index (χ2n) is 5.09. The fraction of sp³-hybridized carbons (Fsp3) is 0.333. The Morgan fingerprint density at radius 3 is 3.04 bits per heavy atom. The second kappa shape index (κ2) is 8.28. The van der Waals surface area contributed by atoms with Crippen LogP contribution in [0.2, 0.25) is 0 Å². The standard InChI is InChI=1S/C15H17N5O3S2/c1-10-8-12(19-23-10)16-13(21)9-25-15-18-17-14(11-4-3-7-24-11)20(15)5-6-22-2/h3-4,7-8H,5-6,9H2,1-2H3,(H,16,19,21). The summed E-state index contributed by atoms with van der Waals surface area (Å²) in [5, 5.41) is 17.6. The van der Waals surface area contributed by atoms with Gasteiger partial charge < -0.3 is 14.6 Å². The molecule has 3 aromatic rings. The van der Waals surface area contributed by atoms with E-state index in [1.807, 2.05) is 22.1 Å². The number of methoxy groups -OCH3 is 1. The van der Waals surface area contributed by atoms with E-state index in [0.717, 1.165) is 10.7 Å². The summed E-state index contributed by atoms with van der Waals surface area (Å²) >= 11 is 2.91. The van der Waals surface area contributed by atoms with Crippen LogP contribution in [0.5, 0.6) is 0 Å². The SMILES string of the molecule is COCCn1c(SCC(=O)Nc2cc(C)on2)nnc1-c1cccs1. The normalized spacial score (nSPS) is 11.0. The van der Waals surface area contributed by atoms with Gasteiger partial charge in [-0.15, -0.1) is 21.5 Å². The number of thiophene rings is 1. The molecule has 3 aromatic heterocycles. The van der Waals surface area contributed by atoms with Crippen molar-refractivity contribution in [2.75, 3.05) is 24.8 Å². The molecule has 0 saturated heterocycles. The zero-order chi connectivity index (χ0) is 17.6. The number of thioether (sulfide) groups is 1. The molecular weight excluding hydrogens is 362 g/mol. The Labute approximate surface area is 152 Å². The molecule has 25 heavy (non-hydrogen) atoms. The quantitative estimate of drug-likeness (QED) is 0.601. The molecule has 0 aromatic carbocycles. The number of hydrogen-bond donors (Lipinski definition) is 1. The fourth-order valence-electron chi connectivity index (χ4n) is 2.10. The minimum absolute atomic E-state index is 0.183. The molecule has 132 valence electrons. The molecule has 0 aliphatic heterocycles. The average molecular weight is 379 g/mol. The van der Waals surface area contributed by atoms with Crippen LogP contribution in [0.25, 0.3) is 10.7 Å². The first-order valence-corrected chi connectivity index (χ1v) is 9.36. The molecule has 1 amide bonds. The molecule has 3 rings (SSSR count). The highest BCUT2D eigenvalue weighted by molar-refractivity contribution is 7.99. The predicted molar refractivity (Wildman–Crippen MR) is 95.8 cm³/mol. The lowest BCUT2D eigenvalue weighted by Gasteiger charge is -2.08. The molecule has 1 N–H and O–H groups in total. The van der Waals surface area contributed by atoms with Crippen molar-refractivity contribution in [3.8, 4) is 10.7 Å². The molecule has 0 atom stereocenters. The van der Waals surface area contributed by atoms with E-state index < -0.39 is 0 Å². The van der Waals surface area contributed by atoms with Gasteiger partial charge in [0.1, 0.15) is 5.76 Å². The van der Waals surface area contributed by atoms with Crippen LogP contribution in [0.1, 0.15) is 5.76 Å². The molecule has 0 saturated carbocycles. The first-order valence-electron chi connectivity index (χ1n) is 7.49. The van der Waals surface area contributed by atoms with E-state index in [9.17, 15) is 4.79 Å². The molecular formula is C15H17N5O3S2. The van der Waals surface area contributed by atoms with E-state index in [1.165, 1.54) is 11.8 Å². The van der Waals surface area contributed by atoms with E-state index in [-0.39, 0.29) is 11.7 Å². The molecule has 0 aliphatic carbocycles. The van der Waals surface area contributed by atoms with E-state index in [2.05, 4.69) is 20.7 Å². The van der Waals surface area contributed by atoms with Crippen LogP contribution in [-0.4, -0.2) is 45.3 Å². The summed E-state index contributed by atoms with van der Waals surface area (Å²) in [6.45, 7) is 2.92. The highest BCUT2D eigenvalue weighted by Gasteiger charge is 2.16. The smallest absolute Gasteiger partial charge is 0.236 e. The fourth-order valence-corrected chi connectivity index (χ4v) is 3.58. The minimum atomic E-state index is -0.183. The summed E-state index contributed by atoms with van der Waals surface area (Å²) in [6, 6.07) is 5.63. The van der Waals surface area contributed by atoms with Gasteiger partial charge in [0.25, 0.3) is 0 Å². The summed E-state index contributed by atoms with van der Waals surface area (Å²) in [7, 11) is 1.65. The number of nitrogens with one attached hydrogen (secondary N) is 1. The number of anilines is 1. The Hall–Kier alpha value is -2.17. The van der Waals surface area contributed by atoms with Crippen LogP contribution < -0.4 is 5.32 Å². The molecule has 0 aliphatic rings. The van der Waals surface area contributed by atoms with Crippen molar-refractivity contribution in [1.29, 1.82) is 0 Å². The number of nitrogens with zero attached hydrogens (tertiary/aromatic N) is 4. The van der Waals surface area contributed by atoms with Crippen LogP contribution in [0, 0.1) is 6.92 Å². The van der Waals surface area contributed by atoms with Gasteiger partial charge in [-0.05, 0) is 18.4 Å². The van der Waals surface area contributed by atoms with Gasteiger partial charge in [0.2, 0.25) is 5.91 Å². The number of aryl methyl sites for hydroxylation is 1. The first kappa shape index (κ1) is 17.6.